The molecule has 0 aromatic heterocycles. The van der Waals surface area contributed by atoms with Gasteiger partial charge in [0, 0.05) is 6.04 Å². The van der Waals surface area contributed by atoms with Crippen molar-refractivity contribution in [3.8, 4) is 5.75 Å². The van der Waals surface area contributed by atoms with Crippen LogP contribution in [0.3, 0.4) is 0 Å². The van der Waals surface area contributed by atoms with Crippen molar-refractivity contribution in [2.24, 2.45) is 11.8 Å². The number of rotatable bonds is 6. The number of hydrogen-bond acceptors (Lipinski definition) is 3. The fraction of sp³-hybridized carbons (Fsp3) is 0.571. The maximum Gasteiger partial charge on any atom is 0.120 e. The second kappa shape index (κ2) is 5.52. The zero-order valence-corrected chi connectivity index (χ0v) is 10.6. The highest BCUT2D eigenvalue weighted by Gasteiger charge is 2.23. The summed E-state index contributed by atoms with van der Waals surface area (Å²) in [5.41, 5.74) is 4.10. The molecule has 0 aliphatic heterocycles. The molecule has 3 N–H and O–H groups in total. The molecule has 3 nitrogen and oxygen atoms in total. The van der Waals surface area contributed by atoms with Crippen molar-refractivity contribution < 1.29 is 4.74 Å². The van der Waals surface area contributed by atoms with Crippen LogP contribution in [0.4, 0.5) is 0 Å². The predicted octanol–water partition coefficient (Wildman–Crippen LogP) is 2.78. The first kappa shape index (κ1) is 12.4. The van der Waals surface area contributed by atoms with E-state index in [1.165, 1.54) is 18.4 Å². The SMILES string of the molecule is CC(C)CC(NN)c1cccc(OC2CC2)c1. The Morgan fingerprint density at radius 2 is 2.18 bits per heavy atom. The van der Waals surface area contributed by atoms with Gasteiger partial charge in [-0.3, -0.25) is 11.3 Å². The first-order valence-electron chi connectivity index (χ1n) is 6.41. The van der Waals surface area contributed by atoms with Gasteiger partial charge in [-0.2, -0.15) is 0 Å². The summed E-state index contributed by atoms with van der Waals surface area (Å²) in [7, 11) is 0. The van der Waals surface area contributed by atoms with E-state index in [4.69, 9.17) is 10.6 Å². The Morgan fingerprint density at radius 1 is 1.41 bits per heavy atom. The zero-order valence-electron chi connectivity index (χ0n) is 10.6. The third-order valence-corrected chi connectivity index (χ3v) is 3.00. The number of hydrazine groups is 1. The van der Waals surface area contributed by atoms with Crippen molar-refractivity contribution in [2.75, 3.05) is 0 Å². The topological polar surface area (TPSA) is 47.3 Å². The lowest BCUT2D eigenvalue weighted by atomic mass is 9.97. The number of benzene rings is 1. The van der Waals surface area contributed by atoms with E-state index in [9.17, 15) is 0 Å². The maximum absolute atomic E-state index is 5.80. The van der Waals surface area contributed by atoms with Gasteiger partial charge < -0.3 is 4.74 Å². The van der Waals surface area contributed by atoms with Crippen LogP contribution in [0.15, 0.2) is 24.3 Å². The summed E-state index contributed by atoms with van der Waals surface area (Å²) in [4.78, 5) is 0. The number of nitrogens with two attached hydrogens (primary N) is 1. The van der Waals surface area contributed by atoms with Gasteiger partial charge in [-0.1, -0.05) is 26.0 Å². The van der Waals surface area contributed by atoms with Crippen molar-refractivity contribution in [3.05, 3.63) is 29.8 Å². The van der Waals surface area contributed by atoms with Crippen LogP contribution in [0.25, 0.3) is 0 Å². The summed E-state index contributed by atoms with van der Waals surface area (Å²) < 4.78 is 5.80. The van der Waals surface area contributed by atoms with Crippen molar-refractivity contribution in [1.29, 1.82) is 0 Å². The van der Waals surface area contributed by atoms with E-state index >= 15 is 0 Å². The summed E-state index contributed by atoms with van der Waals surface area (Å²) in [6.45, 7) is 4.41. The molecule has 1 aliphatic rings. The standard InChI is InChI=1S/C14H22N2O/c1-10(2)8-14(16-15)11-4-3-5-13(9-11)17-12-6-7-12/h3-5,9-10,12,14,16H,6-8,15H2,1-2H3. The highest BCUT2D eigenvalue weighted by molar-refractivity contribution is 5.31. The van der Waals surface area contributed by atoms with Gasteiger partial charge in [-0.15, -0.1) is 0 Å². The molecule has 1 fully saturated rings. The molecule has 94 valence electrons. The highest BCUT2D eigenvalue weighted by atomic mass is 16.5. The van der Waals surface area contributed by atoms with Crippen LogP contribution in [0.5, 0.6) is 5.75 Å². The molecule has 0 spiro atoms. The van der Waals surface area contributed by atoms with Gasteiger partial charge in [0.1, 0.15) is 5.75 Å². The van der Waals surface area contributed by atoms with Crippen LogP contribution in [0, 0.1) is 5.92 Å². The van der Waals surface area contributed by atoms with Crippen molar-refractivity contribution >= 4 is 0 Å². The first-order valence-corrected chi connectivity index (χ1v) is 6.41. The second-order valence-corrected chi connectivity index (χ2v) is 5.24. The Kier molecular flexibility index (Phi) is 4.02. The van der Waals surface area contributed by atoms with Crippen LogP contribution in [0.2, 0.25) is 0 Å². The van der Waals surface area contributed by atoms with Crippen molar-refractivity contribution in [2.45, 2.75) is 45.3 Å². The van der Waals surface area contributed by atoms with Gasteiger partial charge in [0.15, 0.2) is 0 Å². The highest BCUT2D eigenvalue weighted by Crippen LogP contribution is 2.29. The molecule has 1 aliphatic carbocycles. The van der Waals surface area contributed by atoms with Gasteiger partial charge in [-0.25, -0.2) is 0 Å². The predicted molar refractivity (Wildman–Crippen MR) is 69.6 cm³/mol. The lowest BCUT2D eigenvalue weighted by molar-refractivity contribution is 0.302. The Morgan fingerprint density at radius 3 is 2.76 bits per heavy atom. The van der Waals surface area contributed by atoms with E-state index in [0.717, 1.165) is 12.2 Å². The van der Waals surface area contributed by atoms with E-state index in [0.29, 0.717) is 12.0 Å². The summed E-state index contributed by atoms with van der Waals surface area (Å²) in [6.07, 6.45) is 3.85. The average molecular weight is 234 g/mol. The molecule has 3 heteroatoms. The smallest absolute Gasteiger partial charge is 0.120 e. The Bertz CT molecular complexity index is 361. The third kappa shape index (κ3) is 3.72. The largest absolute Gasteiger partial charge is 0.490 e. The molecule has 0 radical (unpaired) electrons. The van der Waals surface area contributed by atoms with E-state index in [1.807, 2.05) is 12.1 Å². The number of hydrogen-bond donors (Lipinski definition) is 2. The van der Waals surface area contributed by atoms with E-state index in [2.05, 4.69) is 31.4 Å². The lowest BCUT2D eigenvalue weighted by Crippen LogP contribution is -2.29. The van der Waals surface area contributed by atoms with Gasteiger partial charge >= 0.3 is 0 Å². The Hall–Kier alpha value is -1.06. The van der Waals surface area contributed by atoms with Gasteiger partial charge in [0.2, 0.25) is 0 Å². The maximum atomic E-state index is 5.80. The number of nitrogens with one attached hydrogen (secondary N) is 1. The molecule has 0 heterocycles. The van der Waals surface area contributed by atoms with Crippen molar-refractivity contribution in [1.82, 2.24) is 5.43 Å². The second-order valence-electron chi connectivity index (χ2n) is 5.24. The summed E-state index contributed by atoms with van der Waals surface area (Å²) in [5, 5.41) is 0. The summed E-state index contributed by atoms with van der Waals surface area (Å²) in [6, 6.07) is 8.47. The minimum Gasteiger partial charge on any atom is -0.490 e. The van der Waals surface area contributed by atoms with Gasteiger partial charge in [-0.05, 0) is 42.9 Å². The zero-order chi connectivity index (χ0) is 12.3. The molecule has 0 bridgehead atoms. The molecule has 2 rings (SSSR count). The molecule has 1 atom stereocenters. The fourth-order valence-electron chi connectivity index (χ4n) is 1.95. The minimum absolute atomic E-state index is 0.206. The van der Waals surface area contributed by atoms with Crippen LogP contribution in [0.1, 0.15) is 44.7 Å². The Balaban J connectivity index is 2.06. The lowest BCUT2D eigenvalue weighted by Gasteiger charge is -2.19. The van der Waals surface area contributed by atoms with Crippen LogP contribution in [-0.2, 0) is 0 Å². The average Bonchev–Trinajstić information content (AvgIpc) is 3.10. The molecule has 0 saturated heterocycles. The van der Waals surface area contributed by atoms with E-state index in [-0.39, 0.29) is 6.04 Å². The minimum atomic E-state index is 0.206. The molecule has 1 aromatic carbocycles. The fourth-order valence-corrected chi connectivity index (χ4v) is 1.95. The van der Waals surface area contributed by atoms with E-state index in [1.54, 1.807) is 0 Å². The molecular weight excluding hydrogens is 212 g/mol. The number of ether oxygens (including phenoxy) is 1. The third-order valence-electron chi connectivity index (χ3n) is 3.00. The molecular formula is C14H22N2O. The molecule has 1 aromatic rings. The van der Waals surface area contributed by atoms with Crippen LogP contribution >= 0.6 is 0 Å². The van der Waals surface area contributed by atoms with Crippen molar-refractivity contribution in [3.63, 3.8) is 0 Å². The molecule has 1 unspecified atom stereocenters. The normalized spacial score (nSPS) is 17.2. The summed E-state index contributed by atoms with van der Waals surface area (Å²) in [5.74, 6) is 7.21. The molecule has 17 heavy (non-hydrogen) atoms. The van der Waals surface area contributed by atoms with Gasteiger partial charge in [0.05, 0.1) is 6.10 Å². The summed E-state index contributed by atoms with van der Waals surface area (Å²) >= 11 is 0. The first-order chi connectivity index (χ1) is 8.19. The quantitative estimate of drug-likeness (QED) is 0.587. The van der Waals surface area contributed by atoms with E-state index < -0.39 is 0 Å². The molecule has 1 saturated carbocycles. The monoisotopic (exact) mass is 234 g/mol. The van der Waals surface area contributed by atoms with Crippen LogP contribution in [-0.4, -0.2) is 6.10 Å². The Labute approximate surface area is 103 Å². The van der Waals surface area contributed by atoms with Crippen LogP contribution < -0.4 is 16.0 Å². The van der Waals surface area contributed by atoms with Gasteiger partial charge in [0.25, 0.3) is 0 Å². The molecule has 0 amide bonds.